The summed E-state index contributed by atoms with van der Waals surface area (Å²) in [5.41, 5.74) is 3.72. The molecule has 0 unspecified atom stereocenters. The fourth-order valence-electron chi connectivity index (χ4n) is 3.49. The van der Waals surface area contributed by atoms with E-state index in [0.29, 0.717) is 18.6 Å². The topological polar surface area (TPSA) is 66.7 Å². The first-order valence-corrected chi connectivity index (χ1v) is 10.1. The fourth-order valence-corrected chi connectivity index (χ4v) is 3.49. The van der Waals surface area contributed by atoms with Gasteiger partial charge in [-0.25, -0.2) is 4.98 Å². The molecule has 1 aromatic carbocycles. The number of aromatic nitrogens is 2. The summed E-state index contributed by atoms with van der Waals surface area (Å²) in [5, 5.41) is 2.94. The molecular weight excluding hydrogens is 364 g/mol. The molecule has 0 aliphatic rings. The van der Waals surface area contributed by atoms with Gasteiger partial charge in [0, 0.05) is 25.0 Å². The van der Waals surface area contributed by atoms with Gasteiger partial charge in [0.25, 0.3) is 11.8 Å². The number of benzene rings is 1. The Morgan fingerprint density at radius 2 is 1.79 bits per heavy atom. The minimum Gasteiger partial charge on any atom is -0.336 e. The number of carbonyl (C=O) groups is 2. The van der Waals surface area contributed by atoms with Gasteiger partial charge in [-0.05, 0) is 50.5 Å². The predicted octanol–water partition coefficient (Wildman–Crippen LogP) is 4.47. The van der Waals surface area contributed by atoms with E-state index >= 15 is 0 Å². The lowest BCUT2D eigenvalue weighted by molar-refractivity contribution is 0.0742. The van der Waals surface area contributed by atoms with Crippen LogP contribution in [0.25, 0.3) is 5.52 Å². The van der Waals surface area contributed by atoms with Gasteiger partial charge >= 0.3 is 0 Å². The first-order valence-electron chi connectivity index (χ1n) is 10.1. The van der Waals surface area contributed by atoms with Crippen molar-refractivity contribution in [2.24, 2.45) is 0 Å². The Kier molecular flexibility index (Phi) is 6.32. The van der Waals surface area contributed by atoms with E-state index in [2.05, 4.69) is 10.3 Å². The molecule has 1 N–H and O–H groups in total. The van der Waals surface area contributed by atoms with Crippen LogP contribution < -0.4 is 5.32 Å². The second-order valence-corrected chi connectivity index (χ2v) is 7.30. The Labute approximate surface area is 171 Å². The van der Waals surface area contributed by atoms with Crippen molar-refractivity contribution in [2.75, 3.05) is 18.4 Å². The van der Waals surface area contributed by atoms with Gasteiger partial charge in [-0.2, -0.15) is 0 Å². The van der Waals surface area contributed by atoms with Crippen LogP contribution in [0.3, 0.4) is 0 Å². The summed E-state index contributed by atoms with van der Waals surface area (Å²) >= 11 is 0. The third-order valence-electron chi connectivity index (χ3n) is 4.86. The quantitative estimate of drug-likeness (QED) is 0.645. The van der Waals surface area contributed by atoms with Crippen LogP contribution in [0.2, 0.25) is 0 Å². The number of rotatable bonds is 7. The molecule has 2 aromatic heterocycles. The molecular formula is C23H28N4O2. The number of anilines is 1. The number of hydrogen-bond acceptors (Lipinski definition) is 3. The molecule has 0 bridgehead atoms. The van der Waals surface area contributed by atoms with Gasteiger partial charge in [0.2, 0.25) is 5.82 Å². The maximum Gasteiger partial charge on any atom is 0.290 e. The van der Waals surface area contributed by atoms with E-state index in [1.807, 2.05) is 64.1 Å². The predicted molar refractivity (Wildman–Crippen MR) is 116 cm³/mol. The van der Waals surface area contributed by atoms with E-state index in [9.17, 15) is 9.59 Å². The van der Waals surface area contributed by atoms with E-state index in [-0.39, 0.29) is 23.3 Å². The standard InChI is InChI=1S/C23H28N4O2/c1-5-12-26(13-6-2)23(29)21-25-20(19-9-7-8-14-27(19)21)22(28)24-18-11-10-16(3)15-17(18)4/h7-11,14-15H,5-6,12-13H2,1-4H3,(H,24,28). The van der Waals surface area contributed by atoms with Crippen LogP contribution in [0.1, 0.15) is 58.9 Å². The van der Waals surface area contributed by atoms with Crippen LogP contribution in [0.15, 0.2) is 42.6 Å². The van der Waals surface area contributed by atoms with Crippen molar-refractivity contribution in [3.05, 3.63) is 65.2 Å². The van der Waals surface area contributed by atoms with E-state index in [1.54, 1.807) is 15.5 Å². The lowest BCUT2D eigenvalue weighted by Gasteiger charge is -2.20. The zero-order valence-corrected chi connectivity index (χ0v) is 17.5. The Morgan fingerprint density at radius 1 is 1.07 bits per heavy atom. The molecule has 3 rings (SSSR count). The number of amides is 2. The van der Waals surface area contributed by atoms with Crippen molar-refractivity contribution >= 4 is 23.0 Å². The van der Waals surface area contributed by atoms with Crippen LogP contribution in [0.5, 0.6) is 0 Å². The van der Waals surface area contributed by atoms with Crippen LogP contribution in [0.4, 0.5) is 5.69 Å². The molecule has 152 valence electrons. The molecule has 0 radical (unpaired) electrons. The summed E-state index contributed by atoms with van der Waals surface area (Å²) in [4.78, 5) is 32.4. The number of nitrogens with one attached hydrogen (secondary N) is 1. The number of hydrogen-bond donors (Lipinski definition) is 1. The summed E-state index contributed by atoms with van der Waals surface area (Å²) < 4.78 is 1.71. The minimum atomic E-state index is -0.322. The van der Waals surface area contributed by atoms with Crippen LogP contribution in [-0.2, 0) is 0 Å². The zero-order valence-electron chi connectivity index (χ0n) is 17.5. The Morgan fingerprint density at radius 3 is 2.45 bits per heavy atom. The first kappa shape index (κ1) is 20.6. The van der Waals surface area contributed by atoms with E-state index in [4.69, 9.17) is 0 Å². The fraction of sp³-hybridized carbons (Fsp3) is 0.348. The summed E-state index contributed by atoms with van der Waals surface area (Å²) in [7, 11) is 0. The van der Waals surface area contributed by atoms with Crippen molar-refractivity contribution in [3.63, 3.8) is 0 Å². The summed E-state index contributed by atoms with van der Waals surface area (Å²) in [6.45, 7) is 9.38. The third-order valence-corrected chi connectivity index (χ3v) is 4.86. The van der Waals surface area contributed by atoms with Gasteiger partial charge < -0.3 is 10.2 Å². The number of fused-ring (bicyclic) bond motifs is 1. The van der Waals surface area contributed by atoms with E-state index < -0.39 is 0 Å². The van der Waals surface area contributed by atoms with Gasteiger partial charge in [-0.3, -0.25) is 14.0 Å². The molecule has 3 aromatic rings. The maximum absolute atomic E-state index is 13.1. The van der Waals surface area contributed by atoms with E-state index in [0.717, 1.165) is 29.7 Å². The van der Waals surface area contributed by atoms with Crippen LogP contribution in [0, 0.1) is 13.8 Å². The Hall–Kier alpha value is -3.15. The molecule has 29 heavy (non-hydrogen) atoms. The van der Waals surface area contributed by atoms with Crippen molar-refractivity contribution in [2.45, 2.75) is 40.5 Å². The largest absolute Gasteiger partial charge is 0.336 e. The lowest BCUT2D eigenvalue weighted by Crippen LogP contribution is -2.33. The third kappa shape index (κ3) is 4.31. The second-order valence-electron chi connectivity index (χ2n) is 7.30. The highest BCUT2D eigenvalue weighted by Crippen LogP contribution is 2.20. The average Bonchev–Trinajstić information content (AvgIpc) is 3.09. The molecule has 0 saturated heterocycles. The monoisotopic (exact) mass is 392 g/mol. The molecule has 2 amide bonds. The van der Waals surface area contributed by atoms with Crippen molar-refractivity contribution in [3.8, 4) is 0 Å². The molecule has 0 fully saturated rings. The molecule has 0 aliphatic heterocycles. The van der Waals surface area contributed by atoms with Gasteiger partial charge in [-0.15, -0.1) is 0 Å². The lowest BCUT2D eigenvalue weighted by atomic mass is 10.1. The minimum absolute atomic E-state index is 0.152. The highest BCUT2D eigenvalue weighted by atomic mass is 16.2. The molecule has 2 heterocycles. The number of imidazole rings is 1. The highest BCUT2D eigenvalue weighted by Gasteiger charge is 2.24. The van der Waals surface area contributed by atoms with Crippen molar-refractivity contribution in [1.82, 2.24) is 14.3 Å². The van der Waals surface area contributed by atoms with Crippen molar-refractivity contribution in [1.29, 1.82) is 0 Å². The highest BCUT2D eigenvalue weighted by molar-refractivity contribution is 6.09. The number of aryl methyl sites for hydroxylation is 2. The maximum atomic E-state index is 13.1. The molecule has 0 aliphatic carbocycles. The van der Waals surface area contributed by atoms with Gasteiger partial charge in [-0.1, -0.05) is 37.6 Å². The van der Waals surface area contributed by atoms with Gasteiger partial charge in [0.05, 0.1) is 5.52 Å². The summed E-state index contributed by atoms with van der Waals surface area (Å²) in [5.74, 6) is -0.203. The summed E-state index contributed by atoms with van der Waals surface area (Å²) in [6.07, 6.45) is 3.52. The number of carbonyl (C=O) groups excluding carboxylic acids is 2. The molecule has 6 nitrogen and oxygen atoms in total. The van der Waals surface area contributed by atoms with E-state index in [1.165, 1.54) is 0 Å². The molecule has 0 atom stereocenters. The zero-order chi connectivity index (χ0) is 21.0. The van der Waals surface area contributed by atoms with Gasteiger partial charge in [0.1, 0.15) is 0 Å². The Balaban J connectivity index is 1.99. The molecule has 6 heteroatoms. The normalized spacial score (nSPS) is 10.9. The van der Waals surface area contributed by atoms with Gasteiger partial charge in [0.15, 0.2) is 5.69 Å². The molecule has 0 spiro atoms. The Bertz CT molecular complexity index is 1030. The SMILES string of the molecule is CCCN(CCC)C(=O)c1nc(C(=O)Nc2ccc(C)cc2C)c2ccccn12. The van der Waals surface area contributed by atoms with Crippen LogP contribution in [-0.4, -0.2) is 39.2 Å². The number of nitrogens with zero attached hydrogens (tertiary/aromatic N) is 3. The molecule has 0 saturated carbocycles. The first-order chi connectivity index (χ1) is 14.0. The smallest absolute Gasteiger partial charge is 0.290 e. The second kappa shape index (κ2) is 8.90. The average molecular weight is 393 g/mol. The number of pyridine rings is 1. The van der Waals surface area contributed by atoms with Crippen molar-refractivity contribution < 1.29 is 9.59 Å². The van der Waals surface area contributed by atoms with Crippen LogP contribution >= 0.6 is 0 Å². The summed E-state index contributed by atoms with van der Waals surface area (Å²) in [6, 6.07) is 11.3.